The lowest BCUT2D eigenvalue weighted by Gasteiger charge is -2.18. The molecule has 2 aliphatic rings. The second-order valence-corrected chi connectivity index (χ2v) is 9.09. The van der Waals surface area contributed by atoms with Gasteiger partial charge in [0.2, 0.25) is 5.91 Å². The van der Waals surface area contributed by atoms with E-state index in [2.05, 4.69) is 12.2 Å². The highest BCUT2D eigenvalue weighted by Gasteiger charge is 2.29. The lowest BCUT2D eigenvalue weighted by molar-refractivity contribution is -0.898. The number of hydrogen-bond donors (Lipinski definition) is 2. The molecule has 0 unspecified atom stereocenters. The van der Waals surface area contributed by atoms with Crippen molar-refractivity contribution in [3.05, 3.63) is 16.0 Å². The van der Waals surface area contributed by atoms with Gasteiger partial charge in [-0.25, -0.2) is 4.79 Å². The van der Waals surface area contributed by atoms with Crippen molar-refractivity contribution in [1.29, 1.82) is 0 Å². The van der Waals surface area contributed by atoms with Crippen LogP contribution in [-0.4, -0.2) is 38.1 Å². The summed E-state index contributed by atoms with van der Waals surface area (Å²) in [6.07, 6.45) is 8.64. The summed E-state index contributed by atoms with van der Waals surface area (Å²) in [5, 5.41) is 3.74. The van der Waals surface area contributed by atoms with Crippen LogP contribution in [-0.2, 0) is 22.4 Å². The van der Waals surface area contributed by atoms with Gasteiger partial charge in [-0.05, 0) is 63.4 Å². The van der Waals surface area contributed by atoms with Crippen LogP contribution in [0.1, 0.15) is 73.2 Å². The third kappa shape index (κ3) is 5.32. The summed E-state index contributed by atoms with van der Waals surface area (Å²) < 4.78 is 5.28. The Labute approximate surface area is 166 Å². The molecule has 0 aromatic carbocycles. The molecule has 1 aromatic rings. The molecule has 150 valence electrons. The molecule has 27 heavy (non-hydrogen) atoms. The largest absolute Gasteiger partial charge is 0.462 e. The third-order valence-corrected chi connectivity index (χ3v) is 6.93. The highest BCUT2D eigenvalue weighted by Crippen LogP contribution is 2.40. The van der Waals surface area contributed by atoms with Crippen LogP contribution in [0.4, 0.5) is 5.00 Å². The van der Waals surface area contributed by atoms with Crippen LogP contribution in [0.2, 0.25) is 0 Å². The van der Waals surface area contributed by atoms with Gasteiger partial charge in [-0.15, -0.1) is 11.3 Å². The zero-order valence-corrected chi connectivity index (χ0v) is 17.5. The smallest absolute Gasteiger partial charge is 0.341 e. The van der Waals surface area contributed by atoms with Crippen LogP contribution in [0.25, 0.3) is 0 Å². The number of esters is 1. The molecule has 0 saturated carbocycles. The first-order chi connectivity index (χ1) is 13.1. The molecule has 5 nitrogen and oxygen atoms in total. The second-order valence-electron chi connectivity index (χ2n) is 7.99. The maximum Gasteiger partial charge on any atom is 0.341 e. The average Bonchev–Trinajstić information content (AvgIpc) is 2.80. The molecule has 3 rings (SSSR count). The minimum absolute atomic E-state index is 0.0175. The van der Waals surface area contributed by atoms with Gasteiger partial charge >= 0.3 is 5.97 Å². The highest BCUT2D eigenvalue weighted by molar-refractivity contribution is 7.17. The predicted octanol–water partition coefficient (Wildman–Crippen LogP) is 2.84. The van der Waals surface area contributed by atoms with Crippen LogP contribution >= 0.6 is 11.3 Å². The number of thiophene rings is 1. The van der Waals surface area contributed by atoms with E-state index in [1.807, 2.05) is 6.92 Å². The fraction of sp³-hybridized carbons (Fsp3) is 0.714. The topological polar surface area (TPSA) is 59.8 Å². The van der Waals surface area contributed by atoms with Crippen molar-refractivity contribution in [2.75, 3.05) is 31.6 Å². The van der Waals surface area contributed by atoms with Crippen molar-refractivity contribution in [3.63, 3.8) is 0 Å². The van der Waals surface area contributed by atoms with Gasteiger partial charge < -0.3 is 15.0 Å². The Hall–Kier alpha value is -1.40. The van der Waals surface area contributed by atoms with Gasteiger partial charge in [0, 0.05) is 4.88 Å². The zero-order valence-electron chi connectivity index (χ0n) is 16.7. The van der Waals surface area contributed by atoms with Gasteiger partial charge in [-0.3, -0.25) is 4.79 Å². The average molecular weight is 394 g/mol. The summed E-state index contributed by atoms with van der Waals surface area (Å²) in [5.41, 5.74) is 1.71. The van der Waals surface area contributed by atoms with E-state index < -0.39 is 0 Å². The van der Waals surface area contributed by atoms with Crippen molar-refractivity contribution in [1.82, 2.24) is 0 Å². The first kappa shape index (κ1) is 20.3. The fourth-order valence-corrected chi connectivity index (χ4v) is 5.63. The quantitative estimate of drug-likeness (QED) is 0.731. The standard InChI is InChI=1S/C21H32N2O3S/c1-3-26-21(25)19-16-9-8-15(2)14-17(16)27-20(19)22-18(24)10-13-23-11-6-4-5-7-12-23/h15H,3-14H2,1-2H3,(H,22,24)/p+1/t15-/m1/s1. The van der Waals surface area contributed by atoms with Crippen LogP contribution in [0.5, 0.6) is 0 Å². The molecule has 1 aliphatic heterocycles. The Morgan fingerprint density at radius 2 is 1.96 bits per heavy atom. The minimum Gasteiger partial charge on any atom is -0.462 e. The molecule has 1 fully saturated rings. The predicted molar refractivity (Wildman–Crippen MR) is 109 cm³/mol. The van der Waals surface area contributed by atoms with E-state index in [1.165, 1.54) is 48.5 Å². The van der Waals surface area contributed by atoms with Crippen LogP contribution in [0.15, 0.2) is 0 Å². The lowest BCUT2D eigenvalue weighted by Crippen LogP contribution is -3.12. The first-order valence-corrected chi connectivity index (χ1v) is 11.3. The molecule has 6 heteroatoms. The monoisotopic (exact) mass is 393 g/mol. The molecule has 0 radical (unpaired) electrons. The number of carbonyl (C=O) groups is 2. The van der Waals surface area contributed by atoms with Gasteiger partial charge in [-0.1, -0.05) is 6.92 Å². The van der Waals surface area contributed by atoms with E-state index in [9.17, 15) is 9.59 Å². The molecule has 0 bridgehead atoms. The maximum absolute atomic E-state index is 12.6. The van der Waals surface area contributed by atoms with Crippen molar-refractivity contribution in [2.45, 2.75) is 65.2 Å². The van der Waals surface area contributed by atoms with Crippen molar-refractivity contribution in [3.8, 4) is 0 Å². The second kappa shape index (κ2) is 9.69. The van der Waals surface area contributed by atoms with Crippen LogP contribution in [0.3, 0.4) is 0 Å². The third-order valence-electron chi connectivity index (χ3n) is 5.76. The first-order valence-electron chi connectivity index (χ1n) is 10.5. The molecule has 2 heterocycles. The summed E-state index contributed by atoms with van der Waals surface area (Å²) in [6.45, 7) is 7.64. The summed E-state index contributed by atoms with van der Waals surface area (Å²) in [5.74, 6) is 0.350. The van der Waals surface area contributed by atoms with Crippen molar-refractivity contribution in [2.24, 2.45) is 5.92 Å². The number of likely N-dealkylation sites (tertiary alicyclic amines) is 1. The van der Waals surface area contributed by atoms with Gasteiger partial charge in [0.25, 0.3) is 0 Å². The SMILES string of the molecule is CCOC(=O)c1c(NC(=O)CC[NH+]2CCCCCC2)sc2c1CC[C@@H](C)C2. The van der Waals surface area contributed by atoms with Gasteiger partial charge in [0.05, 0.1) is 38.2 Å². The maximum atomic E-state index is 12.6. The Morgan fingerprint density at radius 1 is 1.22 bits per heavy atom. The molecule has 1 aromatic heterocycles. The van der Waals surface area contributed by atoms with Crippen molar-refractivity contribution >= 4 is 28.2 Å². The number of rotatable bonds is 6. The highest BCUT2D eigenvalue weighted by atomic mass is 32.1. The number of nitrogens with one attached hydrogen (secondary N) is 2. The number of anilines is 1. The Morgan fingerprint density at radius 3 is 2.67 bits per heavy atom. The number of amides is 1. The van der Waals surface area contributed by atoms with Crippen LogP contribution < -0.4 is 10.2 Å². The molecular weight excluding hydrogens is 360 g/mol. The Balaban J connectivity index is 1.67. The summed E-state index contributed by atoms with van der Waals surface area (Å²) in [7, 11) is 0. The number of ether oxygens (including phenoxy) is 1. The molecular formula is C21H33N2O3S+. The lowest BCUT2D eigenvalue weighted by atomic mass is 9.88. The number of hydrogen-bond acceptors (Lipinski definition) is 4. The number of fused-ring (bicyclic) bond motifs is 1. The van der Waals surface area contributed by atoms with Gasteiger partial charge in [0.15, 0.2) is 0 Å². The van der Waals surface area contributed by atoms with E-state index in [0.29, 0.717) is 29.5 Å². The summed E-state index contributed by atoms with van der Waals surface area (Å²) in [4.78, 5) is 27.9. The number of carbonyl (C=O) groups excluding carboxylic acids is 2. The molecule has 1 amide bonds. The van der Waals surface area contributed by atoms with E-state index in [4.69, 9.17) is 4.74 Å². The molecule has 1 atom stereocenters. The molecule has 1 saturated heterocycles. The molecule has 2 N–H and O–H groups in total. The zero-order chi connectivity index (χ0) is 19.2. The van der Waals surface area contributed by atoms with E-state index in [-0.39, 0.29) is 11.9 Å². The van der Waals surface area contributed by atoms with Gasteiger partial charge in [0.1, 0.15) is 5.00 Å². The van der Waals surface area contributed by atoms with E-state index in [1.54, 1.807) is 11.3 Å². The van der Waals surface area contributed by atoms with Crippen molar-refractivity contribution < 1.29 is 19.2 Å². The summed E-state index contributed by atoms with van der Waals surface area (Å²) >= 11 is 1.57. The van der Waals surface area contributed by atoms with E-state index in [0.717, 1.165) is 31.4 Å². The molecule has 0 spiro atoms. The Bertz CT molecular complexity index is 663. The molecule has 1 aliphatic carbocycles. The number of quaternary nitrogens is 1. The van der Waals surface area contributed by atoms with E-state index >= 15 is 0 Å². The van der Waals surface area contributed by atoms with Crippen LogP contribution in [0, 0.1) is 5.92 Å². The fourth-order valence-electron chi connectivity index (χ4n) is 4.22. The Kier molecular flexibility index (Phi) is 7.30. The summed E-state index contributed by atoms with van der Waals surface area (Å²) in [6, 6.07) is 0. The normalized spacial score (nSPS) is 20.6. The van der Waals surface area contributed by atoms with Gasteiger partial charge in [-0.2, -0.15) is 0 Å². The minimum atomic E-state index is -0.294.